The van der Waals surface area contributed by atoms with Gasteiger partial charge in [0.05, 0.1) is 22.6 Å². The summed E-state index contributed by atoms with van der Waals surface area (Å²) in [5.41, 5.74) is 10.7. The van der Waals surface area contributed by atoms with E-state index in [0.29, 0.717) is 17.1 Å². The van der Waals surface area contributed by atoms with Crippen molar-refractivity contribution in [3.63, 3.8) is 0 Å². The van der Waals surface area contributed by atoms with E-state index in [1.54, 1.807) is 12.3 Å². The van der Waals surface area contributed by atoms with Crippen molar-refractivity contribution in [2.24, 2.45) is 10.7 Å². The van der Waals surface area contributed by atoms with Crippen LogP contribution in [0.4, 0.5) is 0 Å². The van der Waals surface area contributed by atoms with Gasteiger partial charge >= 0.3 is 0 Å². The number of pyridine rings is 1. The number of hydrogen-bond donors (Lipinski definition) is 1. The molecule has 0 radical (unpaired) electrons. The molecule has 2 aromatic heterocycles. The fourth-order valence-corrected chi connectivity index (χ4v) is 3.03. The average molecular weight is 325 g/mol. The van der Waals surface area contributed by atoms with E-state index in [-0.39, 0.29) is 12.3 Å². The van der Waals surface area contributed by atoms with Gasteiger partial charge in [0.25, 0.3) is 0 Å². The van der Waals surface area contributed by atoms with Crippen molar-refractivity contribution in [1.82, 2.24) is 9.38 Å². The molecule has 1 aromatic carbocycles. The van der Waals surface area contributed by atoms with Crippen LogP contribution in [-0.4, -0.2) is 34.0 Å². The molecule has 0 atom stereocenters. The lowest BCUT2D eigenvalue weighted by Gasteiger charge is -2.16. The highest BCUT2D eigenvalue weighted by molar-refractivity contribution is 6.30. The summed E-state index contributed by atoms with van der Waals surface area (Å²) in [6, 6.07) is 9.36. The van der Waals surface area contributed by atoms with E-state index in [9.17, 15) is 4.79 Å². The number of rotatable bonds is 2. The minimum atomic E-state index is 0.0185. The zero-order valence-electron chi connectivity index (χ0n) is 12.2. The van der Waals surface area contributed by atoms with Gasteiger partial charge in [0.15, 0.2) is 5.78 Å². The lowest BCUT2D eigenvalue weighted by molar-refractivity contribution is 0.1000. The van der Waals surface area contributed by atoms with E-state index in [4.69, 9.17) is 17.3 Å². The maximum Gasteiger partial charge on any atom is 0.184 e. The molecule has 0 spiro atoms. The first kappa shape index (κ1) is 14.1. The Kier molecular flexibility index (Phi) is 3.25. The normalized spacial score (nSPS) is 14.0. The molecule has 114 valence electrons. The van der Waals surface area contributed by atoms with E-state index < -0.39 is 0 Å². The van der Waals surface area contributed by atoms with Crippen molar-refractivity contribution in [1.29, 1.82) is 0 Å². The second-order valence-electron chi connectivity index (χ2n) is 5.37. The van der Waals surface area contributed by atoms with Gasteiger partial charge in [0.1, 0.15) is 12.2 Å². The Morgan fingerprint density at radius 1 is 1.22 bits per heavy atom. The lowest BCUT2D eigenvalue weighted by atomic mass is 9.94. The van der Waals surface area contributed by atoms with E-state index in [1.165, 1.54) is 0 Å². The van der Waals surface area contributed by atoms with Crippen LogP contribution >= 0.6 is 11.6 Å². The summed E-state index contributed by atoms with van der Waals surface area (Å²) in [6.07, 6.45) is 3.61. The van der Waals surface area contributed by atoms with Crippen LogP contribution in [0.15, 0.2) is 47.7 Å². The molecule has 6 heteroatoms. The number of carbonyl (C=O) groups is 1. The predicted octanol–water partition coefficient (Wildman–Crippen LogP) is 2.60. The van der Waals surface area contributed by atoms with E-state index in [2.05, 4.69) is 9.98 Å². The number of ketones is 1. The second kappa shape index (κ2) is 5.30. The number of nitrogens with zero attached hydrogens (tertiary/aromatic N) is 3. The van der Waals surface area contributed by atoms with Gasteiger partial charge in [-0.15, -0.1) is 0 Å². The lowest BCUT2D eigenvalue weighted by Crippen LogP contribution is -2.24. The minimum Gasteiger partial charge on any atom is -0.325 e. The number of fused-ring (bicyclic) bond motifs is 2. The highest BCUT2D eigenvalue weighted by Crippen LogP contribution is 2.26. The molecule has 0 bridgehead atoms. The van der Waals surface area contributed by atoms with Crippen molar-refractivity contribution in [3.8, 4) is 11.3 Å². The van der Waals surface area contributed by atoms with Crippen molar-refractivity contribution in [2.45, 2.75) is 0 Å². The third-order valence-corrected chi connectivity index (χ3v) is 4.23. The monoisotopic (exact) mass is 324 g/mol. The van der Waals surface area contributed by atoms with Gasteiger partial charge in [-0.25, -0.2) is 4.98 Å². The van der Waals surface area contributed by atoms with Crippen molar-refractivity contribution >= 4 is 28.7 Å². The molecule has 23 heavy (non-hydrogen) atoms. The molecule has 0 amide bonds. The molecule has 1 aliphatic rings. The quantitative estimate of drug-likeness (QED) is 0.787. The summed E-state index contributed by atoms with van der Waals surface area (Å²) in [5.74, 6) is 0.0185. The van der Waals surface area contributed by atoms with Gasteiger partial charge in [-0.1, -0.05) is 17.7 Å². The molecule has 0 saturated carbocycles. The van der Waals surface area contributed by atoms with Crippen LogP contribution in [-0.2, 0) is 0 Å². The highest BCUT2D eigenvalue weighted by atomic mass is 35.5. The van der Waals surface area contributed by atoms with E-state index >= 15 is 0 Å². The molecule has 0 saturated heterocycles. The van der Waals surface area contributed by atoms with Gasteiger partial charge < -0.3 is 5.73 Å². The Hall–Kier alpha value is -2.50. The van der Waals surface area contributed by atoms with Crippen LogP contribution in [0.25, 0.3) is 16.9 Å². The van der Waals surface area contributed by atoms with Crippen LogP contribution in [0.2, 0.25) is 5.02 Å². The average Bonchev–Trinajstić information content (AvgIpc) is 2.98. The molecule has 0 unspecified atom stereocenters. The molecule has 5 nitrogen and oxygen atoms in total. The molecular formula is C17H13ClN4O. The van der Waals surface area contributed by atoms with Crippen LogP contribution in [0.3, 0.4) is 0 Å². The molecule has 1 aliphatic heterocycles. The standard InChI is InChI=1S/C17H13ClN4O/c18-11-2-4-17-21-7-15(22(17)9-11)10-1-3-12-13(5-10)14(6-19)20-8-16(12)23/h1-5,7,9H,6,8,19H2. The fourth-order valence-electron chi connectivity index (χ4n) is 2.87. The number of carbonyl (C=O) groups excluding carboxylic acids is 1. The third kappa shape index (κ3) is 2.25. The van der Waals surface area contributed by atoms with E-state index in [0.717, 1.165) is 28.2 Å². The Bertz CT molecular complexity index is 974. The molecule has 0 fully saturated rings. The zero-order chi connectivity index (χ0) is 16.0. The Labute approximate surface area is 137 Å². The van der Waals surface area contributed by atoms with Gasteiger partial charge in [0, 0.05) is 29.4 Å². The van der Waals surface area contributed by atoms with Crippen molar-refractivity contribution in [2.75, 3.05) is 13.1 Å². The molecule has 3 aromatic rings. The van der Waals surface area contributed by atoms with Gasteiger partial charge in [-0.05, 0) is 24.3 Å². The number of halogens is 1. The zero-order valence-corrected chi connectivity index (χ0v) is 12.9. The maximum atomic E-state index is 12.0. The summed E-state index contributed by atoms with van der Waals surface area (Å²) < 4.78 is 1.92. The number of Topliss-reactive ketones (excluding diaryl/α,β-unsaturated/α-hetero) is 1. The Morgan fingerprint density at radius 2 is 2.09 bits per heavy atom. The number of aromatic nitrogens is 2. The topological polar surface area (TPSA) is 72.8 Å². The summed E-state index contributed by atoms with van der Waals surface area (Å²) in [6.45, 7) is 0.479. The van der Waals surface area contributed by atoms with E-state index in [1.807, 2.05) is 34.9 Å². The largest absolute Gasteiger partial charge is 0.325 e. The van der Waals surface area contributed by atoms with Crippen LogP contribution in [0.1, 0.15) is 15.9 Å². The SMILES string of the molecule is NCC1=NCC(=O)c2ccc(-c3cnc4ccc(Cl)cn34)cc21. The summed E-state index contributed by atoms with van der Waals surface area (Å²) in [7, 11) is 0. The van der Waals surface area contributed by atoms with Crippen LogP contribution < -0.4 is 5.73 Å². The summed E-state index contributed by atoms with van der Waals surface area (Å²) in [4.78, 5) is 20.7. The van der Waals surface area contributed by atoms with Gasteiger partial charge in [0.2, 0.25) is 0 Å². The predicted molar refractivity (Wildman–Crippen MR) is 90.4 cm³/mol. The fraction of sp³-hybridized carbons (Fsp3) is 0.118. The molecule has 4 rings (SSSR count). The number of aliphatic imine (C=N–C) groups is 1. The summed E-state index contributed by atoms with van der Waals surface area (Å²) >= 11 is 6.09. The first-order valence-electron chi connectivity index (χ1n) is 7.21. The number of imidazole rings is 1. The molecule has 3 heterocycles. The number of benzene rings is 1. The molecule has 2 N–H and O–H groups in total. The number of hydrogen-bond acceptors (Lipinski definition) is 4. The van der Waals surface area contributed by atoms with Crippen LogP contribution in [0.5, 0.6) is 0 Å². The minimum absolute atomic E-state index is 0.0185. The third-order valence-electron chi connectivity index (χ3n) is 4.00. The second-order valence-corrected chi connectivity index (χ2v) is 5.81. The van der Waals surface area contributed by atoms with Crippen LogP contribution in [0, 0.1) is 0 Å². The first-order valence-corrected chi connectivity index (χ1v) is 7.59. The number of nitrogens with two attached hydrogens (primary N) is 1. The summed E-state index contributed by atoms with van der Waals surface area (Å²) in [5, 5.41) is 0.633. The molecule has 0 aliphatic carbocycles. The van der Waals surface area contributed by atoms with Crippen molar-refractivity contribution in [3.05, 3.63) is 58.9 Å². The maximum absolute atomic E-state index is 12.0. The highest BCUT2D eigenvalue weighted by Gasteiger charge is 2.20. The van der Waals surface area contributed by atoms with Gasteiger partial charge in [-0.3, -0.25) is 14.2 Å². The van der Waals surface area contributed by atoms with Gasteiger partial charge in [-0.2, -0.15) is 0 Å². The van der Waals surface area contributed by atoms with Crippen molar-refractivity contribution < 1.29 is 4.79 Å². The Morgan fingerprint density at radius 3 is 2.91 bits per heavy atom. The molecular weight excluding hydrogens is 312 g/mol. The first-order chi connectivity index (χ1) is 11.2. The smallest absolute Gasteiger partial charge is 0.184 e. The Balaban J connectivity index is 1.92.